The molecule has 9 N–H and O–H groups in total. The second kappa shape index (κ2) is 4.61. The fourth-order valence-electron chi connectivity index (χ4n) is 1.86. The summed E-state index contributed by atoms with van der Waals surface area (Å²) in [6, 6.07) is 7.23. The highest BCUT2D eigenvalue weighted by molar-refractivity contribution is 5.83. The van der Waals surface area contributed by atoms with Crippen LogP contribution in [0.3, 0.4) is 0 Å². The molecule has 0 bridgehead atoms. The van der Waals surface area contributed by atoms with Crippen molar-refractivity contribution in [1.82, 2.24) is 0 Å². The highest BCUT2D eigenvalue weighted by Gasteiger charge is 2.07. The van der Waals surface area contributed by atoms with Gasteiger partial charge in [-0.3, -0.25) is 0 Å². The van der Waals surface area contributed by atoms with Crippen molar-refractivity contribution in [2.75, 3.05) is 28.3 Å². The Morgan fingerprint density at radius 1 is 0.632 bits per heavy atom. The largest absolute Gasteiger partial charge is 0.398 e. The van der Waals surface area contributed by atoms with E-state index in [1.807, 2.05) is 26.0 Å². The van der Waals surface area contributed by atoms with Crippen molar-refractivity contribution in [1.29, 1.82) is 0 Å². The zero-order valence-electron chi connectivity index (χ0n) is 11.1. The van der Waals surface area contributed by atoms with Crippen LogP contribution >= 0.6 is 0 Å². The van der Waals surface area contributed by atoms with Crippen molar-refractivity contribution in [2.45, 2.75) is 13.8 Å². The number of hydrogen-bond donors (Lipinski definition) is 5. The van der Waals surface area contributed by atoms with E-state index >= 15 is 0 Å². The Labute approximate surface area is 112 Å². The summed E-state index contributed by atoms with van der Waals surface area (Å²) in [4.78, 5) is 0. The van der Waals surface area contributed by atoms with Crippen molar-refractivity contribution in [3.8, 4) is 0 Å². The van der Waals surface area contributed by atoms with Gasteiger partial charge >= 0.3 is 0 Å². The van der Waals surface area contributed by atoms with Crippen LogP contribution < -0.4 is 28.3 Å². The normalized spacial score (nSPS) is 10.4. The first kappa shape index (κ1) is 12.9. The van der Waals surface area contributed by atoms with Crippen LogP contribution in [0.2, 0.25) is 0 Å². The predicted octanol–water partition coefficient (Wildman–Crippen LogP) is 2.38. The zero-order chi connectivity index (χ0) is 14.2. The maximum Gasteiger partial charge on any atom is 0.0639 e. The van der Waals surface area contributed by atoms with Crippen LogP contribution in [0.1, 0.15) is 11.1 Å². The summed E-state index contributed by atoms with van der Waals surface area (Å²) < 4.78 is 0. The highest BCUT2D eigenvalue weighted by Crippen LogP contribution is 2.32. The van der Waals surface area contributed by atoms with Crippen LogP contribution in [-0.4, -0.2) is 0 Å². The molecule has 2 aromatic rings. The summed E-state index contributed by atoms with van der Waals surface area (Å²) in [6.45, 7) is 3.82. The Morgan fingerprint density at radius 3 is 1.37 bits per heavy atom. The third-order valence-electron chi connectivity index (χ3n) is 3.15. The second-order valence-electron chi connectivity index (χ2n) is 4.72. The molecular formula is C14H19N5. The van der Waals surface area contributed by atoms with Gasteiger partial charge in [0.05, 0.1) is 22.7 Å². The molecular weight excluding hydrogens is 238 g/mol. The van der Waals surface area contributed by atoms with E-state index < -0.39 is 0 Å². The standard InChI is InChI=1S/C14H19N5/c1-7-3-11(17)13(5-9(7)15)19-14-6-10(16)8(2)4-12(14)18/h3-6,19H,15-18H2,1-2H3. The molecule has 0 aliphatic rings. The summed E-state index contributed by atoms with van der Waals surface area (Å²) in [5.41, 5.74) is 29.6. The van der Waals surface area contributed by atoms with Crippen LogP contribution in [0, 0.1) is 13.8 Å². The van der Waals surface area contributed by atoms with Gasteiger partial charge in [-0.15, -0.1) is 0 Å². The highest BCUT2D eigenvalue weighted by atomic mass is 14.9. The lowest BCUT2D eigenvalue weighted by molar-refractivity contribution is 1.43. The first-order valence-electron chi connectivity index (χ1n) is 5.96. The first-order valence-corrected chi connectivity index (χ1v) is 5.96. The van der Waals surface area contributed by atoms with Gasteiger partial charge in [-0.2, -0.15) is 0 Å². The van der Waals surface area contributed by atoms with Gasteiger partial charge in [0, 0.05) is 11.4 Å². The fourth-order valence-corrected chi connectivity index (χ4v) is 1.86. The molecule has 0 unspecified atom stereocenters. The predicted molar refractivity (Wildman–Crippen MR) is 83.3 cm³/mol. The molecule has 100 valence electrons. The lowest BCUT2D eigenvalue weighted by atomic mass is 10.1. The minimum Gasteiger partial charge on any atom is -0.398 e. The summed E-state index contributed by atoms with van der Waals surface area (Å²) in [6.07, 6.45) is 0. The number of anilines is 6. The quantitative estimate of drug-likeness (QED) is 0.530. The Bertz CT molecular complexity index is 579. The molecule has 0 aliphatic heterocycles. The first-order chi connectivity index (χ1) is 8.88. The molecule has 0 heterocycles. The van der Waals surface area contributed by atoms with Crippen molar-refractivity contribution < 1.29 is 0 Å². The van der Waals surface area contributed by atoms with Crippen LogP contribution in [0.15, 0.2) is 24.3 Å². The molecule has 5 nitrogen and oxygen atoms in total. The van der Waals surface area contributed by atoms with Crippen LogP contribution in [0.5, 0.6) is 0 Å². The average Bonchev–Trinajstić information content (AvgIpc) is 2.32. The average molecular weight is 257 g/mol. The van der Waals surface area contributed by atoms with E-state index in [1.54, 1.807) is 12.1 Å². The molecule has 0 amide bonds. The summed E-state index contributed by atoms with van der Waals surface area (Å²) in [5, 5.41) is 3.17. The molecule has 0 saturated heterocycles. The monoisotopic (exact) mass is 257 g/mol. The molecule has 0 radical (unpaired) electrons. The van der Waals surface area contributed by atoms with E-state index in [1.165, 1.54) is 0 Å². The number of nitrogen functional groups attached to an aromatic ring is 4. The van der Waals surface area contributed by atoms with Crippen molar-refractivity contribution in [3.63, 3.8) is 0 Å². The molecule has 0 aliphatic carbocycles. The van der Waals surface area contributed by atoms with Crippen molar-refractivity contribution in [2.24, 2.45) is 0 Å². The molecule has 0 spiro atoms. The molecule has 0 atom stereocenters. The van der Waals surface area contributed by atoms with Crippen LogP contribution in [-0.2, 0) is 0 Å². The third-order valence-corrected chi connectivity index (χ3v) is 3.15. The molecule has 0 fully saturated rings. The van der Waals surface area contributed by atoms with Crippen molar-refractivity contribution in [3.05, 3.63) is 35.4 Å². The molecule has 2 aromatic carbocycles. The van der Waals surface area contributed by atoms with Crippen LogP contribution in [0.4, 0.5) is 34.1 Å². The van der Waals surface area contributed by atoms with E-state index in [0.717, 1.165) is 22.5 Å². The zero-order valence-corrected chi connectivity index (χ0v) is 11.1. The van der Waals surface area contributed by atoms with Crippen molar-refractivity contribution >= 4 is 34.1 Å². The number of hydrogen-bond acceptors (Lipinski definition) is 5. The van der Waals surface area contributed by atoms with Gasteiger partial charge in [0.25, 0.3) is 0 Å². The minimum atomic E-state index is 0.616. The van der Waals surface area contributed by atoms with E-state index in [-0.39, 0.29) is 0 Å². The molecule has 0 saturated carbocycles. The Kier molecular flexibility index (Phi) is 3.12. The lowest BCUT2D eigenvalue weighted by Crippen LogP contribution is -2.03. The van der Waals surface area contributed by atoms with Gasteiger partial charge < -0.3 is 28.3 Å². The molecule has 0 aromatic heterocycles. The Hall–Kier alpha value is -2.56. The number of nitrogens with one attached hydrogen (secondary N) is 1. The number of nitrogens with two attached hydrogens (primary N) is 4. The summed E-state index contributed by atoms with van der Waals surface area (Å²) in [5.74, 6) is 0. The van der Waals surface area contributed by atoms with Gasteiger partial charge in [0.2, 0.25) is 0 Å². The van der Waals surface area contributed by atoms with E-state index in [4.69, 9.17) is 22.9 Å². The minimum absolute atomic E-state index is 0.616. The Morgan fingerprint density at radius 2 is 1.00 bits per heavy atom. The molecule has 2 rings (SSSR count). The van der Waals surface area contributed by atoms with Gasteiger partial charge in [0.15, 0.2) is 0 Å². The summed E-state index contributed by atoms with van der Waals surface area (Å²) in [7, 11) is 0. The lowest BCUT2D eigenvalue weighted by Gasteiger charge is -2.15. The number of aryl methyl sites for hydroxylation is 2. The van der Waals surface area contributed by atoms with Gasteiger partial charge in [-0.05, 0) is 49.2 Å². The fraction of sp³-hybridized carbons (Fsp3) is 0.143. The van der Waals surface area contributed by atoms with Gasteiger partial charge in [-0.1, -0.05) is 0 Å². The Balaban J connectivity index is 2.42. The van der Waals surface area contributed by atoms with E-state index in [0.29, 0.717) is 22.7 Å². The summed E-state index contributed by atoms with van der Waals surface area (Å²) >= 11 is 0. The molecule has 19 heavy (non-hydrogen) atoms. The van der Waals surface area contributed by atoms with Gasteiger partial charge in [0.1, 0.15) is 0 Å². The third kappa shape index (κ3) is 2.49. The number of benzene rings is 2. The topological polar surface area (TPSA) is 116 Å². The SMILES string of the molecule is Cc1cc(N)c(Nc2cc(N)c(C)cc2N)cc1N. The maximum atomic E-state index is 5.97. The second-order valence-corrected chi connectivity index (χ2v) is 4.72. The van der Waals surface area contributed by atoms with Crippen LogP contribution in [0.25, 0.3) is 0 Å². The molecule has 5 heteroatoms. The number of rotatable bonds is 2. The van der Waals surface area contributed by atoms with Gasteiger partial charge in [-0.25, -0.2) is 0 Å². The van der Waals surface area contributed by atoms with E-state index in [9.17, 15) is 0 Å². The van der Waals surface area contributed by atoms with E-state index in [2.05, 4.69) is 5.32 Å². The maximum absolute atomic E-state index is 5.97. The smallest absolute Gasteiger partial charge is 0.0639 e.